The fourth-order valence-electron chi connectivity index (χ4n) is 3.46. The average Bonchev–Trinajstić information content (AvgIpc) is 2.70. The van der Waals surface area contributed by atoms with Gasteiger partial charge in [-0.3, -0.25) is 10.3 Å². The fraction of sp³-hybridized carbons (Fsp3) is 0.579. The molecule has 0 amide bonds. The first kappa shape index (κ1) is 18.9. The van der Waals surface area contributed by atoms with E-state index in [0.29, 0.717) is 24.2 Å². The first-order valence-electron chi connectivity index (χ1n) is 9.10. The van der Waals surface area contributed by atoms with E-state index in [0.717, 1.165) is 50.4 Å². The van der Waals surface area contributed by atoms with Crippen LogP contribution in [0.15, 0.2) is 24.3 Å². The van der Waals surface area contributed by atoms with Gasteiger partial charge < -0.3 is 14.4 Å². The van der Waals surface area contributed by atoms with Crippen molar-refractivity contribution in [1.29, 1.82) is 10.7 Å². The lowest BCUT2D eigenvalue weighted by atomic mass is 9.96. The standard InChI is InChI=1S/C19H26N4O2S/c1-26-19(21)23(14-20)12-15-6-9-22(10-7-15)11-8-16-13-24-17-4-2-3-5-18(17)25-16/h2-5,15-16,21H,6-13H2,1H3. The van der Waals surface area contributed by atoms with Gasteiger partial charge in [0.15, 0.2) is 22.9 Å². The Balaban J connectivity index is 1.38. The van der Waals surface area contributed by atoms with Crippen LogP contribution >= 0.6 is 11.8 Å². The molecule has 6 nitrogen and oxygen atoms in total. The third kappa shape index (κ3) is 4.83. The van der Waals surface area contributed by atoms with Gasteiger partial charge in [0.05, 0.1) is 0 Å². The number of nitriles is 1. The van der Waals surface area contributed by atoms with Crippen LogP contribution in [-0.4, -0.2) is 60.1 Å². The number of para-hydroxylation sites is 2. The van der Waals surface area contributed by atoms with Crippen LogP contribution in [0.1, 0.15) is 19.3 Å². The monoisotopic (exact) mass is 374 g/mol. The molecule has 1 aromatic rings. The molecule has 1 unspecified atom stereocenters. The van der Waals surface area contributed by atoms with Crippen LogP contribution in [0.3, 0.4) is 0 Å². The van der Waals surface area contributed by atoms with Crippen molar-refractivity contribution in [3.63, 3.8) is 0 Å². The van der Waals surface area contributed by atoms with Crippen LogP contribution in [0.2, 0.25) is 0 Å². The smallest absolute Gasteiger partial charge is 0.185 e. The second kappa shape index (κ2) is 9.15. The number of hydrogen-bond acceptors (Lipinski definition) is 6. The van der Waals surface area contributed by atoms with Crippen molar-refractivity contribution < 1.29 is 9.47 Å². The Kier molecular flexibility index (Phi) is 6.64. The Labute approximate surface area is 159 Å². The van der Waals surface area contributed by atoms with Crippen LogP contribution in [0.5, 0.6) is 11.5 Å². The number of rotatable bonds is 5. The summed E-state index contributed by atoms with van der Waals surface area (Å²) in [6.07, 6.45) is 7.19. The first-order valence-corrected chi connectivity index (χ1v) is 10.3. The molecule has 1 saturated heterocycles. The van der Waals surface area contributed by atoms with E-state index in [1.54, 1.807) is 0 Å². The Morgan fingerprint density at radius 1 is 1.35 bits per heavy atom. The predicted octanol–water partition coefficient (Wildman–Crippen LogP) is 3.01. The maximum atomic E-state index is 9.19. The fourth-order valence-corrected chi connectivity index (χ4v) is 3.80. The number of fused-ring (bicyclic) bond motifs is 1. The van der Waals surface area contributed by atoms with Gasteiger partial charge in [-0.15, -0.1) is 0 Å². The lowest BCUT2D eigenvalue weighted by Crippen LogP contribution is -2.40. The summed E-state index contributed by atoms with van der Waals surface area (Å²) in [6, 6.07) is 7.83. The number of amidine groups is 1. The molecule has 2 heterocycles. The molecular formula is C19H26N4O2S. The van der Waals surface area contributed by atoms with E-state index in [2.05, 4.69) is 11.1 Å². The van der Waals surface area contributed by atoms with Crippen molar-refractivity contribution in [3.8, 4) is 17.7 Å². The molecule has 0 aromatic heterocycles. The van der Waals surface area contributed by atoms with Crippen molar-refractivity contribution in [3.05, 3.63) is 24.3 Å². The first-order chi connectivity index (χ1) is 12.7. The molecule has 1 atom stereocenters. The summed E-state index contributed by atoms with van der Waals surface area (Å²) in [5, 5.41) is 17.3. The second-order valence-electron chi connectivity index (χ2n) is 6.79. The third-order valence-electron chi connectivity index (χ3n) is 5.04. The SMILES string of the molecule is CSC(=N)N(C#N)CC1CCN(CCC2COc3ccccc3O2)CC1. The summed E-state index contributed by atoms with van der Waals surface area (Å²) in [5.74, 6) is 2.16. The average molecular weight is 375 g/mol. The number of ether oxygens (including phenoxy) is 2. The number of benzene rings is 1. The van der Waals surface area contributed by atoms with E-state index in [1.165, 1.54) is 16.7 Å². The number of thioether (sulfide) groups is 1. The summed E-state index contributed by atoms with van der Waals surface area (Å²) in [6.45, 7) is 4.37. The van der Waals surface area contributed by atoms with Gasteiger partial charge >= 0.3 is 0 Å². The van der Waals surface area contributed by atoms with Crippen molar-refractivity contribution in [2.75, 3.05) is 39.0 Å². The van der Waals surface area contributed by atoms with Gasteiger partial charge in [0.2, 0.25) is 0 Å². The molecule has 1 N–H and O–H groups in total. The van der Waals surface area contributed by atoms with Gasteiger partial charge in [-0.2, -0.15) is 5.26 Å². The Bertz CT molecular complexity index is 655. The maximum absolute atomic E-state index is 9.19. The number of nitrogens with zero attached hydrogens (tertiary/aromatic N) is 3. The van der Waals surface area contributed by atoms with E-state index in [1.807, 2.05) is 30.5 Å². The summed E-state index contributed by atoms with van der Waals surface area (Å²) < 4.78 is 11.8. The molecular weight excluding hydrogens is 348 g/mol. The highest BCUT2D eigenvalue weighted by Gasteiger charge is 2.25. The number of hydrogen-bond donors (Lipinski definition) is 1. The van der Waals surface area contributed by atoms with Crippen LogP contribution in [0.4, 0.5) is 0 Å². The molecule has 0 spiro atoms. The van der Waals surface area contributed by atoms with Gasteiger partial charge in [0.1, 0.15) is 12.7 Å². The highest BCUT2D eigenvalue weighted by molar-refractivity contribution is 8.13. The number of nitrogens with one attached hydrogen (secondary N) is 1. The molecule has 3 rings (SSSR count). The molecule has 0 bridgehead atoms. The molecule has 2 aliphatic heterocycles. The zero-order chi connectivity index (χ0) is 18.4. The highest BCUT2D eigenvalue weighted by atomic mass is 32.2. The van der Waals surface area contributed by atoms with Crippen molar-refractivity contribution in [2.24, 2.45) is 5.92 Å². The summed E-state index contributed by atoms with van der Waals surface area (Å²) in [5.41, 5.74) is 0. The Morgan fingerprint density at radius 2 is 2.08 bits per heavy atom. The van der Waals surface area contributed by atoms with Gasteiger partial charge in [0, 0.05) is 19.5 Å². The van der Waals surface area contributed by atoms with Gasteiger partial charge in [0.25, 0.3) is 0 Å². The third-order valence-corrected chi connectivity index (χ3v) is 5.65. The van der Waals surface area contributed by atoms with Crippen LogP contribution < -0.4 is 9.47 Å². The quantitative estimate of drug-likeness (QED) is 0.370. The van der Waals surface area contributed by atoms with Gasteiger partial charge in [-0.25, -0.2) is 0 Å². The van der Waals surface area contributed by atoms with Crippen LogP contribution in [0, 0.1) is 22.8 Å². The minimum atomic E-state index is 0.110. The summed E-state index contributed by atoms with van der Waals surface area (Å²) in [7, 11) is 0. The van der Waals surface area contributed by atoms with Crippen LogP contribution in [0.25, 0.3) is 0 Å². The molecule has 0 aliphatic carbocycles. The molecule has 2 aliphatic rings. The number of piperidine rings is 1. The summed E-state index contributed by atoms with van der Waals surface area (Å²) >= 11 is 1.32. The van der Waals surface area contributed by atoms with Crippen LogP contribution in [-0.2, 0) is 0 Å². The molecule has 140 valence electrons. The minimum absolute atomic E-state index is 0.110. The van der Waals surface area contributed by atoms with Crippen molar-refractivity contribution in [2.45, 2.75) is 25.4 Å². The summed E-state index contributed by atoms with van der Waals surface area (Å²) in [4.78, 5) is 3.98. The maximum Gasteiger partial charge on any atom is 0.185 e. The minimum Gasteiger partial charge on any atom is -0.486 e. The highest BCUT2D eigenvalue weighted by Crippen LogP contribution is 2.31. The molecule has 1 aromatic carbocycles. The van der Waals surface area contributed by atoms with Gasteiger partial charge in [-0.1, -0.05) is 23.9 Å². The Hall–Kier alpha value is -1.91. The molecule has 7 heteroatoms. The molecule has 0 radical (unpaired) electrons. The van der Waals surface area contributed by atoms with E-state index in [4.69, 9.17) is 14.9 Å². The topological polar surface area (TPSA) is 72.6 Å². The molecule has 1 fully saturated rings. The zero-order valence-corrected chi connectivity index (χ0v) is 16.0. The second-order valence-corrected chi connectivity index (χ2v) is 7.59. The van der Waals surface area contributed by atoms with E-state index >= 15 is 0 Å². The molecule has 0 saturated carbocycles. The Morgan fingerprint density at radius 3 is 2.77 bits per heavy atom. The van der Waals surface area contributed by atoms with E-state index in [9.17, 15) is 5.26 Å². The van der Waals surface area contributed by atoms with Crippen molar-refractivity contribution in [1.82, 2.24) is 9.80 Å². The predicted molar refractivity (Wildman–Crippen MR) is 104 cm³/mol. The van der Waals surface area contributed by atoms with E-state index < -0.39 is 0 Å². The lowest BCUT2D eigenvalue weighted by Gasteiger charge is -2.34. The zero-order valence-electron chi connectivity index (χ0n) is 15.2. The normalized spacial score (nSPS) is 20.4. The van der Waals surface area contributed by atoms with Crippen molar-refractivity contribution >= 4 is 16.9 Å². The molecule has 26 heavy (non-hydrogen) atoms. The largest absolute Gasteiger partial charge is 0.486 e. The van der Waals surface area contributed by atoms with Gasteiger partial charge in [-0.05, 0) is 50.2 Å². The lowest BCUT2D eigenvalue weighted by molar-refractivity contribution is 0.0695. The number of likely N-dealkylation sites (tertiary alicyclic amines) is 1. The van der Waals surface area contributed by atoms with E-state index in [-0.39, 0.29) is 6.10 Å².